The first kappa shape index (κ1) is 12.9. The van der Waals surface area contributed by atoms with Gasteiger partial charge in [-0.15, -0.1) is 0 Å². The molecule has 1 saturated carbocycles. The van der Waals surface area contributed by atoms with Crippen LogP contribution < -0.4 is 10.6 Å². The van der Waals surface area contributed by atoms with E-state index >= 15 is 0 Å². The second-order valence-corrected chi connectivity index (χ2v) is 6.52. The Morgan fingerprint density at radius 2 is 2.18 bits per heavy atom. The Labute approximate surface area is 105 Å². The third kappa shape index (κ3) is 3.98. The van der Waals surface area contributed by atoms with Crippen LogP contribution in [0.15, 0.2) is 0 Å². The molecular formula is C14H26N2O. The summed E-state index contributed by atoms with van der Waals surface area (Å²) in [5, 5.41) is 6.63. The van der Waals surface area contributed by atoms with E-state index in [-0.39, 0.29) is 5.91 Å². The van der Waals surface area contributed by atoms with E-state index in [1.54, 1.807) is 0 Å². The van der Waals surface area contributed by atoms with Gasteiger partial charge in [-0.25, -0.2) is 0 Å². The summed E-state index contributed by atoms with van der Waals surface area (Å²) in [5.41, 5.74) is 0.418. The second kappa shape index (κ2) is 5.38. The summed E-state index contributed by atoms with van der Waals surface area (Å²) in [6.45, 7) is 5.66. The minimum atomic E-state index is 0.243. The van der Waals surface area contributed by atoms with Gasteiger partial charge in [-0.1, -0.05) is 20.3 Å². The highest BCUT2D eigenvalue weighted by Gasteiger charge is 2.31. The lowest BCUT2D eigenvalue weighted by molar-refractivity contribution is -0.122. The van der Waals surface area contributed by atoms with Crippen molar-refractivity contribution < 1.29 is 4.79 Å². The molecule has 1 amide bonds. The molecule has 0 aromatic heterocycles. The Balaban J connectivity index is 1.70. The van der Waals surface area contributed by atoms with Crippen LogP contribution in [0.1, 0.15) is 58.8 Å². The Kier molecular flexibility index (Phi) is 4.08. The highest BCUT2D eigenvalue weighted by atomic mass is 16.1. The molecule has 0 bridgehead atoms. The van der Waals surface area contributed by atoms with Gasteiger partial charge in [0.2, 0.25) is 5.91 Å². The molecule has 2 aliphatic rings. The third-order valence-electron chi connectivity index (χ3n) is 4.18. The van der Waals surface area contributed by atoms with Crippen molar-refractivity contribution in [2.75, 3.05) is 6.54 Å². The SMILES string of the molecule is CC1(C)CCC(NC(=O)CC2CCCCN2)C1. The molecule has 0 aromatic carbocycles. The minimum absolute atomic E-state index is 0.243. The molecule has 2 N–H and O–H groups in total. The molecule has 2 unspecified atom stereocenters. The maximum absolute atomic E-state index is 11.9. The van der Waals surface area contributed by atoms with E-state index in [1.165, 1.54) is 19.3 Å². The number of hydrogen-bond acceptors (Lipinski definition) is 2. The molecule has 17 heavy (non-hydrogen) atoms. The Hall–Kier alpha value is -0.570. The van der Waals surface area contributed by atoms with Gasteiger partial charge >= 0.3 is 0 Å². The first-order chi connectivity index (χ1) is 8.05. The van der Waals surface area contributed by atoms with E-state index in [2.05, 4.69) is 24.5 Å². The molecule has 1 heterocycles. The van der Waals surface area contributed by atoms with Crippen LogP contribution in [0.5, 0.6) is 0 Å². The van der Waals surface area contributed by atoms with Crippen LogP contribution in [-0.2, 0) is 4.79 Å². The summed E-state index contributed by atoms with van der Waals surface area (Å²) in [7, 11) is 0. The molecule has 1 aliphatic carbocycles. The standard InChI is InChI=1S/C14H26N2O/c1-14(2)7-6-12(10-14)16-13(17)9-11-5-3-4-8-15-11/h11-12,15H,3-10H2,1-2H3,(H,16,17). The Morgan fingerprint density at radius 1 is 1.35 bits per heavy atom. The van der Waals surface area contributed by atoms with Crippen LogP contribution in [0.3, 0.4) is 0 Å². The fourth-order valence-corrected chi connectivity index (χ4v) is 3.17. The van der Waals surface area contributed by atoms with Crippen molar-refractivity contribution in [3.05, 3.63) is 0 Å². The van der Waals surface area contributed by atoms with Crippen LogP contribution in [0, 0.1) is 5.41 Å². The quantitative estimate of drug-likeness (QED) is 0.791. The van der Waals surface area contributed by atoms with Crippen LogP contribution in [-0.4, -0.2) is 24.5 Å². The van der Waals surface area contributed by atoms with Crippen molar-refractivity contribution in [2.45, 2.75) is 70.9 Å². The summed E-state index contributed by atoms with van der Waals surface area (Å²) in [6, 6.07) is 0.833. The van der Waals surface area contributed by atoms with Crippen LogP contribution >= 0.6 is 0 Å². The lowest BCUT2D eigenvalue weighted by Crippen LogP contribution is -2.41. The van der Waals surface area contributed by atoms with Crippen LogP contribution in [0.2, 0.25) is 0 Å². The number of carbonyl (C=O) groups excluding carboxylic acids is 1. The van der Waals surface area contributed by atoms with Crippen molar-refractivity contribution in [3.8, 4) is 0 Å². The average molecular weight is 238 g/mol. The molecule has 98 valence electrons. The lowest BCUT2D eigenvalue weighted by Gasteiger charge is -2.24. The molecule has 1 aliphatic heterocycles. The summed E-state index contributed by atoms with van der Waals surface area (Å²) < 4.78 is 0. The van der Waals surface area contributed by atoms with Crippen LogP contribution in [0.4, 0.5) is 0 Å². The fourth-order valence-electron chi connectivity index (χ4n) is 3.17. The Bertz CT molecular complexity index is 269. The number of nitrogens with one attached hydrogen (secondary N) is 2. The molecule has 3 nitrogen and oxygen atoms in total. The molecule has 0 spiro atoms. The molecule has 2 fully saturated rings. The lowest BCUT2D eigenvalue weighted by atomic mass is 9.92. The zero-order valence-electron chi connectivity index (χ0n) is 11.2. The zero-order valence-corrected chi connectivity index (χ0v) is 11.2. The highest BCUT2D eigenvalue weighted by molar-refractivity contribution is 5.77. The normalized spacial score (nSPS) is 32.4. The van der Waals surface area contributed by atoms with Gasteiger partial charge in [0.05, 0.1) is 0 Å². The first-order valence-corrected chi connectivity index (χ1v) is 7.08. The summed E-state index contributed by atoms with van der Waals surface area (Å²) >= 11 is 0. The number of amides is 1. The van der Waals surface area contributed by atoms with E-state index in [4.69, 9.17) is 0 Å². The van der Waals surface area contributed by atoms with E-state index in [0.717, 1.165) is 25.8 Å². The van der Waals surface area contributed by atoms with Gasteiger partial charge in [-0.2, -0.15) is 0 Å². The molecule has 2 atom stereocenters. The number of carbonyl (C=O) groups is 1. The van der Waals surface area contributed by atoms with Crippen LogP contribution in [0.25, 0.3) is 0 Å². The largest absolute Gasteiger partial charge is 0.353 e. The van der Waals surface area contributed by atoms with Crippen molar-refractivity contribution >= 4 is 5.91 Å². The third-order valence-corrected chi connectivity index (χ3v) is 4.18. The van der Waals surface area contributed by atoms with Crippen molar-refractivity contribution in [3.63, 3.8) is 0 Å². The highest BCUT2D eigenvalue weighted by Crippen LogP contribution is 2.36. The predicted octanol–water partition coefficient (Wildman–Crippen LogP) is 2.21. The smallest absolute Gasteiger partial charge is 0.221 e. The van der Waals surface area contributed by atoms with Gasteiger partial charge in [0.25, 0.3) is 0 Å². The molecule has 0 aromatic rings. The zero-order chi connectivity index (χ0) is 12.3. The van der Waals surface area contributed by atoms with Gasteiger partial charge in [0, 0.05) is 18.5 Å². The molecule has 0 radical (unpaired) electrons. The monoisotopic (exact) mass is 238 g/mol. The Morgan fingerprint density at radius 3 is 2.76 bits per heavy atom. The van der Waals surface area contributed by atoms with Crippen molar-refractivity contribution in [1.82, 2.24) is 10.6 Å². The van der Waals surface area contributed by atoms with Crippen molar-refractivity contribution in [2.24, 2.45) is 5.41 Å². The van der Waals surface area contributed by atoms with E-state index < -0.39 is 0 Å². The number of rotatable bonds is 3. The minimum Gasteiger partial charge on any atom is -0.353 e. The maximum Gasteiger partial charge on any atom is 0.221 e. The van der Waals surface area contributed by atoms with E-state index in [9.17, 15) is 4.79 Å². The topological polar surface area (TPSA) is 41.1 Å². The van der Waals surface area contributed by atoms with Gasteiger partial charge < -0.3 is 10.6 Å². The van der Waals surface area contributed by atoms with Gasteiger partial charge in [-0.3, -0.25) is 4.79 Å². The first-order valence-electron chi connectivity index (χ1n) is 7.08. The van der Waals surface area contributed by atoms with Crippen molar-refractivity contribution in [1.29, 1.82) is 0 Å². The van der Waals surface area contributed by atoms with Gasteiger partial charge in [0.1, 0.15) is 0 Å². The average Bonchev–Trinajstić information content (AvgIpc) is 2.59. The second-order valence-electron chi connectivity index (χ2n) is 6.52. The predicted molar refractivity (Wildman–Crippen MR) is 69.8 cm³/mol. The number of hydrogen-bond donors (Lipinski definition) is 2. The fraction of sp³-hybridized carbons (Fsp3) is 0.929. The molecular weight excluding hydrogens is 212 g/mol. The van der Waals surface area contributed by atoms with E-state index in [1.807, 2.05) is 0 Å². The maximum atomic E-state index is 11.9. The summed E-state index contributed by atoms with van der Waals surface area (Å²) in [4.78, 5) is 11.9. The van der Waals surface area contributed by atoms with Gasteiger partial charge in [0.15, 0.2) is 0 Å². The van der Waals surface area contributed by atoms with Gasteiger partial charge in [-0.05, 0) is 44.1 Å². The molecule has 2 rings (SSSR count). The summed E-state index contributed by atoms with van der Waals surface area (Å²) in [5.74, 6) is 0.243. The van der Waals surface area contributed by atoms with E-state index in [0.29, 0.717) is 23.9 Å². The summed E-state index contributed by atoms with van der Waals surface area (Å²) in [6.07, 6.45) is 7.87. The molecule has 3 heteroatoms. The molecule has 1 saturated heterocycles. The number of piperidine rings is 1.